The van der Waals surface area contributed by atoms with E-state index in [-0.39, 0.29) is 0 Å². The third kappa shape index (κ3) is 8.94. The van der Waals surface area contributed by atoms with Crippen LogP contribution < -0.4 is 10.6 Å². The number of aliphatic imine (C=N–C) groups is 1. The largest absolute Gasteiger partial charge is 0.382 e. The van der Waals surface area contributed by atoms with Crippen molar-refractivity contribution in [2.24, 2.45) is 10.9 Å². The highest BCUT2D eigenvalue weighted by Crippen LogP contribution is 2.23. The molecule has 21 heavy (non-hydrogen) atoms. The Morgan fingerprint density at radius 3 is 2.57 bits per heavy atom. The fraction of sp³-hybridized carbons (Fsp3) is 0.938. The Labute approximate surface area is 129 Å². The molecule has 5 heteroatoms. The number of nitrogens with one attached hydrogen (secondary N) is 2. The van der Waals surface area contributed by atoms with E-state index in [2.05, 4.69) is 29.5 Å². The van der Waals surface area contributed by atoms with E-state index in [0.717, 1.165) is 38.0 Å². The first-order chi connectivity index (χ1) is 10.3. The smallest absolute Gasteiger partial charge is 0.191 e. The van der Waals surface area contributed by atoms with Crippen LogP contribution in [0.15, 0.2) is 4.99 Å². The van der Waals surface area contributed by atoms with Crippen LogP contribution in [-0.2, 0) is 9.47 Å². The van der Waals surface area contributed by atoms with Crippen LogP contribution in [-0.4, -0.2) is 52.0 Å². The molecule has 0 aromatic rings. The van der Waals surface area contributed by atoms with Crippen molar-refractivity contribution in [1.29, 1.82) is 0 Å². The topological polar surface area (TPSA) is 54.9 Å². The van der Waals surface area contributed by atoms with E-state index in [9.17, 15) is 0 Å². The van der Waals surface area contributed by atoms with Gasteiger partial charge in [0, 0.05) is 32.8 Å². The Balaban J connectivity index is 2.19. The summed E-state index contributed by atoms with van der Waals surface area (Å²) in [6.45, 7) is 8.22. The highest BCUT2D eigenvalue weighted by molar-refractivity contribution is 5.80. The van der Waals surface area contributed by atoms with Gasteiger partial charge in [-0.3, -0.25) is 4.99 Å². The third-order valence-electron chi connectivity index (χ3n) is 3.85. The summed E-state index contributed by atoms with van der Waals surface area (Å²) in [4.78, 5) is 4.63. The third-order valence-corrected chi connectivity index (χ3v) is 3.85. The Hall–Kier alpha value is -0.810. The Bertz CT molecular complexity index is 277. The van der Waals surface area contributed by atoms with Gasteiger partial charge >= 0.3 is 0 Å². The lowest BCUT2D eigenvalue weighted by Crippen LogP contribution is -2.44. The molecule has 0 aliphatic heterocycles. The molecule has 0 radical (unpaired) electrons. The molecule has 0 aromatic heterocycles. The van der Waals surface area contributed by atoms with Crippen molar-refractivity contribution in [3.8, 4) is 0 Å². The zero-order valence-electron chi connectivity index (χ0n) is 14.0. The normalized spacial score (nSPS) is 23.1. The number of guanidine groups is 1. The predicted octanol–water partition coefficient (Wildman–Crippen LogP) is 2.17. The van der Waals surface area contributed by atoms with Gasteiger partial charge in [-0.1, -0.05) is 6.92 Å². The summed E-state index contributed by atoms with van der Waals surface area (Å²) in [5.41, 5.74) is 0. The minimum atomic E-state index is 0.581. The summed E-state index contributed by atoms with van der Waals surface area (Å²) in [5.74, 6) is 1.83. The van der Waals surface area contributed by atoms with Crippen LogP contribution >= 0.6 is 0 Å². The van der Waals surface area contributed by atoms with Crippen LogP contribution in [0, 0.1) is 5.92 Å². The van der Waals surface area contributed by atoms with E-state index in [1.807, 2.05) is 0 Å². The highest BCUT2D eigenvalue weighted by Gasteiger charge is 2.18. The van der Waals surface area contributed by atoms with Crippen LogP contribution in [0.4, 0.5) is 0 Å². The molecule has 124 valence electrons. The molecule has 0 aromatic carbocycles. The molecule has 1 aliphatic rings. The van der Waals surface area contributed by atoms with Gasteiger partial charge in [-0.25, -0.2) is 0 Å². The first kappa shape index (κ1) is 18.2. The molecular formula is C16H33N3O2. The van der Waals surface area contributed by atoms with E-state index in [1.54, 1.807) is 7.11 Å². The van der Waals surface area contributed by atoms with Gasteiger partial charge in [-0.05, 0) is 44.9 Å². The van der Waals surface area contributed by atoms with Crippen LogP contribution in [0.25, 0.3) is 0 Å². The predicted molar refractivity (Wildman–Crippen MR) is 87.8 cm³/mol. The molecule has 2 N–H and O–H groups in total. The molecule has 1 fully saturated rings. The second-order valence-electron chi connectivity index (χ2n) is 5.82. The van der Waals surface area contributed by atoms with Crippen molar-refractivity contribution >= 4 is 5.96 Å². The van der Waals surface area contributed by atoms with Gasteiger partial charge in [-0.2, -0.15) is 0 Å². The van der Waals surface area contributed by atoms with Crippen molar-refractivity contribution in [3.05, 3.63) is 0 Å². The van der Waals surface area contributed by atoms with Gasteiger partial charge in [0.15, 0.2) is 5.96 Å². The Morgan fingerprint density at radius 1 is 1.14 bits per heavy atom. The van der Waals surface area contributed by atoms with Crippen LogP contribution in [0.5, 0.6) is 0 Å². The van der Waals surface area contributed by atoms with Crippen LogP contribution in [0.3, 0.4) is 0 Å². The molecule has 0 unspecified atom stereocenters. The molecule has 0 amide bonds. The highest BCUT2D eigenvalue weighted by atomic mass is 16.5. The van der Waals surface area contributed by atoms with Crippen molar-refractivity contribution in [2.45, 2.75) is 52.0 Å². The minimum absolute atomic E-state index is 0.581. The van der Waals surface area contributed by atoms with Crippen molar-refractivity contribution in [3.63, 3.8) is 0 Å². The maximum absolute atomic E-state index is 5.44. The van der Waals surface area contributed by atoms with Gasteiger partial charge in [-0.15, -0.1) is 0 Å². The van der Waals surface area contributed by atoms with E-state index >= 15 is 0 Å². The van der Waals surface area contributed by atoms with Crippen molar-refractivity contribution in [1.82, 2.24) is 10.6 Å². The number of rotatable bonds is 9. The second-order valence-corrected chi connectivity index (χ2v) is 5.82. The van der Waals surface area contributed by atoms with Gasteiger partial charge in [0.2, 0.25) is 0 Å². The Morgan fingerprint density at radius 2 is 1.90 bits per heavy atom. The zero-order valence-corrected chi connectivity index (χ0v) is 14.0. The van der Waals surface area contributed by atoms with E-state index in [1.165, 1.54) is 25.7 Å². The fourth-order valence-electron chi connectivity index (χ4n) is 2.52. The number of methoxy groups -OCH3 is 1. The lowest BCUT2D eigenvalue weighted by Gasteiger charge is -2.28. The molecule has 0 heterocycles. The Kier molecular flexibility index (Phi) is 10.3. The van der Waals surface area contributed by atoms with Gasteiger partial charge in [0.1, 0.15) is 0 Å². The summed E-state index contributed by atoms with van der Waals surface area (Å²) in [6, 6.07) is 0.581. The molecule has 5 nitrogen and oxygen atoms in total. The monoisotopic (exact) mass is 299 g/mol. The molecule has 0 bridgehead atoms. The van der Waals surface area contributed by atoms with E-state index < -0.39 is 0 Å². The molecule has 1 rings (SSSR count). The molecule has 1 aliphatic carbocycles. The minimum Gasteiger partial charge on any atom is -0.382 e. The number of hydrogen-bond acceptors (Lipinski definition) is 3. The fourth-order valence-corrected chi connectivity index (χ4v) is 2.52. The first-order valence-electron chi connectivity index (χ1n) is 8.37. The summed E-state index contributed by atoms with van der Waals surface area (Å²) in [6.07, 6.45) is 6.11. The summed E-state index contributed by atoms with van der Waals surface area (Å²) >= 11 is 0. The van der Waals surface area contributed by atoms with E-state index in [4.69, 9.17) is 9.47 Å². The first-order valence-corrected chi connectivity index (χ1v) is 8.37. The van der Waals surface area contributed by atoms with Crippen molar-refractivity contribution < 1.29 is 9.47 Å². The standard InChI is InChI=1S/C16H33N3O2/c1-4-17-16(18-10-5-11-21-13-12-20-3)19-15-8-6-14(2)7-9-15/h14-15H,4-13H2,1-3H3,(H2,17,18,19). The summed E-state index contributed by atoms with van der Waals surface area (Å²) in [5, 5.41) is 6.90. The SMILES string of the molecule is CCNC(=NCCCOCCOC)NC1CCC(C)CC1. The molecule has 0 atom stereocenters. The maximum atomic E-state index is 5.44. The lowest BCUT2D eigenvalue weighted by molar-refractivity contribution is 0.0702. The molecule has 0 saturated heterocycles. The van der Waals surface area contributed by atoms with Gasteiger partial charge in [0.25, 0.3) is 0 Å². The number of hydrogen-bond donors (Lipinski definition) is 2. The van der Waals surface area contributed by atoms with Crippen LogP contribution in [0.1, 0.15) is 46.0 Å². The molecule has 1 saturated carbocycles. The number of ether oxygens (including phenoxy) is 2. The maximum Gasteiger partial charge on any atom is 0.191 e. The zero-order chi connectivity index (χ0) is 15.3. The quantitative estimate of drug-likeness (QED) is 0.389. The average molecular weight is 299 g/mol. The average Bonchev–Trinajstić information content (AvgIpc) is 2.49. The van der Waals surface area contributed by atoms with Gasteiger partial charge in [0.05, 0.1) is 13.2 Å². The second kappa shape index (κ2) is 11.8. The lowest BCUT2D eigenvalue weighted by atomic mass is 9.87. The molecule has 0 spiro atoms. The summed E-state index contributed by atoms with van der Waals surface area (Å²) in [7, 11) is 1.69. The summed E-state index contributed by atoms with van der Waals surface area (Å²) < 4.78 is 10.4. The van der Waals surface area contributed by atoms with Crippen LogP contribution in [0.2, 0.25) is 0 Å². The van der Waals surface area contributed by atoms with Gasteiger partial charge < -0.3 is 20.1 Å². The number of nitrogens with zero attached hydrogens (tertiary/aromatic N) is 1. The van der Waals surface area contributed by atoms with E-state index in [0.29, 0.717) is 19.3 Å². The van der Waals surface area contributed by atoms with Crippen molar-refractivity contribution in [2.75, 3.05) is 40.0 Å². The molecular weight excluding hydrogens is 266 g/mol.